The molecule has 1 saturated carbocycles. The van der Waals surface area contributed by atoms with Crippen LogP contribution in [-0.2, 0) is 6.54 Å². The molecule has 7 nitrogen and oxygen atoms in total. The third kappa shape index (κ3) is 4.95. The van der Waals surface area contributed by atoms with Gasteiger partial charge < -0.3 is 19.8 Å². The Bertz CT molecular complexity index is 566. The summed E-state index contributed by atoms with van der Waals surface area (Å²) in [4.78, 5) is 9.54. The van der Waals surface area contributed by atoms with Crippen molar-refractivity contribution in [1.82, 2.24) is 20.3 Å². The summed E-state index contributed by atoms with van der Waals surface area (Å²) in [5.41, 5.74) is 1.00. The Morgan fingerprint density at radius 2 is 2.16 bits per heavy atom. The molecule has 0 radical (unpaired) electrons. The Balaban J connectivity index is 1.51. The van der Waals surface area contributed by atoms with Crippen LogP contribution in [0.25, 0.3) is 0 Å². The largest absolute Gasteiger partial charge is 0.393 e. The van der Waals surface area contributed by atoms with E-state index in [1.807, 2.05) is 13.0 Å². The van der Waals surface area contributed by atoms with Crippen LogP contribution in [0.1, 0.15) is 37.6 Å². The van der Waals surface area contributed by atoms with Crippen molar-refractivity contribution in [3.63, 3.8) is 0 Å². The van der Waals surface area contributed by atoms with Crippen molar-refractivity contribution < 1.29 is 9.63 Å². The van der Waals surface area contributed by atoms with Crippen LogP contribution >= 0.6 is 0 Å². The number of hydrogen-bond donors (Lipinski definition) is 2. The second kappa shape index (κ2) is 8.67. The van der Waals surface area contributed by atoms with Gasteiger partial charge in [-0.05, 0) is 26.7 Å². The molecule has 0 aromatic carbocycles. The van der Waals surface area contributed by atoms with Crippen molar-refractivity contribution in [2.24, 2.45) is 10.9 Å². The van der Waals surface area contributed by atoms with Crippen molar-refractivity contribution in [2.45, 2.75) is 45.8 Å². The van der Waals surface area contributed by atoms with Gasteiger partial charge in [0.2, 0.25) is 0 Å². The summed E-state index contributed by atoms with van der Waals surface area (Å²) in [6.45, 7) is 10.3. The van der Waals surface area contributed by atoms with E-state index in [4.69, 9.17) is 9.52 Å². The first-order chi connectivity index (χ1) is 12.2. The van der Waals surface area contributed by atoms with Gasteiger partial charge in [0.15, 0.2) is 5.96 Å². The van der Waals surface area contributed by atoms with Gasteiger partial charge in [0.25, 0.3) is 0 Å². The van der Waals surface area contributed by atoms with Gasteiger partial charge in [-0.2, -0.15) is 0 Å². The normalized spacial score (nSPS) is 25.6. The molecule has 1 aromatic rings. The highest BCUT2D eigenvalue weighted by atomic mass is 16.5. The van der Waals surface area contributed by atoms with E-state index in [0.29, 0.717) is 5.92 Å². The lowest BCUT2D eigenvalue weighted by molar-refractivity contribution is 0.136. The van der Waals surface area contributed by atoms with Crippen LogP contribution in [0.2, 0.25) is 0 Å². The second-order valence-electron chi connectivity index (χ2n) is 7.15. The molecule has 25 heavy (non-hydrogen) atoms. The standard InChI is InChI=1S/C18H31N5O2/c1-3-19-18(20-12-15-5-4-6-17(15)24)23-9-7-22(8-10-23)13-16-11-14(2)25-21-16/h11,15,17,24H,3-10,12-13H2,1-2H3,(H,19,20). The van der Waals surface area contributed by atoms with E-state index in [0.717, 1.165) is 82.5 Å². The van der Waals surface area contributed by atoms with Crippen LogP contribution in [0, 0.1) is 12.8 Å². The van der Waals surface area contributed by atoms with Crippen LogP contribution in [0.15, 0.2) is 15.6 Å². The summed E-state index contributed by atoms with van der Waals surface area (Å²) < 4.78 is 5.15. The SMILES string of the molecule is CCNC(=NCC1CCCC1O)N1CCN(Cc2cc(C)on2)CC1. The van der Waals surface area contributed by atoms with E-state index >= 15 is 0 Å². The number of rotatable bonds is 5. The lowest BCUT2D eigenvalue weighted by atomic mass is 10.1. The highest BCUT2D eigenvalue weighted by Crippen LogP contribution is 2.25. The Kier molecular flexibility index (Phi) is 6.31. The summed E-state index contributed by atoms with van der Waals surface area (Å²) in [6.07, 6.45) is 2.97. The maximum atomic E-state index is 10.00. The Labute approximate surface area is 150 Å². The maximum Gasteiger partial charge on any atom is 0.194 e. The molecule has 2 atom stereocenters. The summed E-state index contributed by atoms with van der Waals surface area (Å²) in [7, 11) is 0. The molecule has 0 bridgehead atoms. The number of aliphatic imine (C=N–C) groups is 1. The van der Waals surface area contributed by atoms with Crippen LogP contribution < -0.4 is 5.32 Å². The molecule has 2 N–H and O–H groups in total. The van der Waals surface area contributed by atoms with Crippen LogP contribution in [0.5, 0.6) is 0 Å². The summed E-state index contributed by atoms with van der Waals surface area (Å²) in [5, 5.41) is 17.5. The lowest BCUT2D eigenvalue weighted by Gasteiger charge is -2.36. The van der Waals surface area contributed by atoms with Gasteiger partial charge in [0.05, 0.1) is 11.8 Å². The minimum absolute atomic E-state index is 0.172. The zero-order valence-corrected chi connectivity index (χ0v) is 15.4. The predicted molar refractivity (Wildman–Crippen MR) is 97.4 cm³/mol. The smallest absolute Gasteiger partial charge is 0.194 e. The number of aryl methyl sites for hydroxylation is 1. The number of aromatic nitrogens is 1. The molecule has 3 rings (SSSR count). The van der Waals surface area contributed by atoms with Crippen molar-refractivity contribution in [1.29, 1.82) is 0 Å². The first kappa shape index (κ1) is 18.2. The fourth-order valence-corrected chi connectivity index (χ4v) is 3.70. The van der Waals surface area contributed by atoms with E-state index in [2.05, 4.69) is 27.2 Å². The number of nitrogens with one attached hydrogen (secondary N) is 1. The summed E-state index contributed by atoms with van der Waals surface area (Å²) in [5.74, 6) is 2.17. The van der Waals surface area contributed by atoms with Gasteiger partial charge in [-0.1, -0.05) is 11.6 Å². The zero-order chi connectivity index (χ0) is 17.6. The van der Waals surface area contributed by atoms with Gasteiger partial charge in [-0.25, -0.2) is 0 Å². The zero-order valence-electron chi connectivity index (χ0n) is 15.4. The first-order valence-electron chi connectivity index (χ1n) is 9.51. The third-order valence-electron chi connectivity index (χ3n) is 5.16. The number of guanidine groups is 1. The number of piperazine rings is 1. The molecule has 1 aliphatic carbocycles. The van der Waals surface area contributed by atoms with E-state index in [1.54, 1.807) is 0 Å². The van der Waals surface area contributed by atoms with E-state index in [-0.39, 0.29) is 6.10 Å². The lowest BCUT2D eigenvalue weighted by Crippen LogP contribution is -2.52. The fourth-order valence-electron chi connectivity index (χ4n) is 3.70. The van der Waals surface area contributed by atoms with Crippen LogP contribution in [0.4, 0.5) is 0 Å². The van der Waals surface area contributed by atoms with E-state index in [1.165, 1.54) is 0 Å². The van der Waals surface area contributed by atoms with Crippen molar-refractivity contribution in [3.05, 3.63) is 17.5 Å². The molecule has 2 heterocycles. The Morgan fingerprint density at radius 3 is 2.76 bits per heavy atom. The highest BCUT2D eigenvalue weighted by Gasteiger charge is 2.26. The van der Waals surface area contributed by atoms with E-state index < -0.39 is 0 Å². The molecule has 0 spiro atoms. The number of hydrogen-bond acceptors (Lipinski definition) is 5. The van der Waals surface area contributed by atoms with E-state index in [9.17, 15) is 5.11 Å². The molecule has 2 fully saturated rings. The topological polar surface area (TPSA) is 77.1 Å². The molecule has 0 amide bonds. The Hall–Kier alpha value is -1.60. The molecule has 140 valence electrons. The third-order valence-corrected chi connectivity index (χ3v) is 5.16. The quantitative estimate of drug-likeness (QED) is 0.615. The minimum atomic E-state index is -0.172. The number of aliphatic hydroxyl groups excluding tert-OH is 1. The van der Waals surface area contributed by atoms with Gasteiger partial charge in [-0.3, -0.25) is 9.89 Å². The molecule has 1 aliphatic heterocycles. The van der Waals surface area contributed by atoms with Gasteiger partial charge in [0.1, 0.15) is 5.76 Å². The van der Waals surface area contributed by atoms with Gasteiger partial charge >= 0.3 is 0 Å². The molecule has 1 saturated heterocycles. The van der Waals surface area contributed by atoms with Gasteiger partial charge in [-0.15, -0.1) is 0 Å². The molecular weight excluding hydrogens is 318 g/mol. The first-order valence-corrected chi connectivity index (χ1v) is 9.51. The monoisotopic (exact) mass is 349 g/mol. The molecule has 2 aliphatic rings. The van der Waals surface area contributed by atoms with Crippen molar-refractivity contribution in [3.8, 4) is 0 Å². The van der Waals surface area contributed by atoms with Crippen molar-refractivity contribution in [2.75, 3.05) is 39.3 Å². The van der Waals surface area contributed by atoms with Crippen LogP contribution in [-0.4, -0.2) is 71.4 Å². The van der Waals surface area contributed by atoms with Crippen LogP contribution in [0.3, 0.4) is 0 Å². The number of nitrogens with zero attached hydrogens (tertiary/aromatic N) is 4. The molecular formula is C18H31N5O2. The van der Waals surface area contributed by atoms with Gasteiger partial charge in [0, 0.05) is 57.8 Å². The maximum absolute atomic E-state index is 10.00. The highest BCUT2D eigenvalue weighted by molar-refractivity contribution is 5.80. The number of aliphatic hydroxyl groups is 1. The fraction of sp³-hybridized carbons (Fsp3) is 0.778. The van der Waals surface area contributed by atoms with Crippen molar-refractivity contribution >= 4 is 5.96 Å². The molecule has 7 heteroatoms. The minimum Gasteiger partial charge on any atom is -0.393 e. The second-order valence-corrected chi connectivity index (χ2v) is 7.15. The molecule has 1 aromatic heterocycles. The summed E-state index contributed by atoms with van der Waals surface area (Å²) >= 11 is 0. The average Bonchev–Trinajstić information content (AvgIpc) is 3.20. The Morgan fingerprint density at radius 1 is 1.36 bits per heavy atom. The average molecular weight is 349 g/mol. The predicted octanol–water partition coefficient (Wildman–Crippen LogP) is 1.23. The molecule has 2 unspecified atom stereocenters. The summed E-state index contributed by atoms with van der Waals surface area (Å²) in [6, 6.07) is 2.00.